The van der Waals surface area contributed by atoms with E-state index in [2.05, 4.69) is 47.9 Å². The van der Waals surface area contributed by atoms with Crippen LogP contribution in [-0.2, 0) is 110 Å². The highest BCUT2D eigenvalue weighted by molar-refractivity contribution is 8.76. The van der Waals surface area contributed by atoms with Crippen LogP contribution in [0.15, 0.2) is 47.6 Å². The van der Waals surface area contributed by atoms with Gasteiger partial charge in [-0.05, 0) is 203 Å². The Labute approximate surface area is 885 Å². The molecule has 4 aliphatic rings. The molecule has 2 bridgehead atoms. The van der Waals surface area contributed by atoms with E-state index < -0.39 is 311 Å². The van der Waals surface area contributed by atoms with Crippen molar-refractivity contribution in [3.63, 3.8) is 0 Å². The number of nitrogens with one attached hydrogen (secondary N) is 9. The number of aliphatic carboxylic acids is 3. The predicted octanol–water partition coefficient (Wildman–Crippen LogP) is 3.39. The van der Waals surface area contributed by atoms with Crippen LogP contribution in [0.1, 0.15) is 261 Å². The molecule has 0 aromatic carbocycles. The summed E-state index contributed by atoms with van der Waals surface area (Å²) < 4.78 is 35.3. The second-order valence-corrected chi connectivity index (χ2v) is 42.4. The van der Waals surface area contributed by atoms with Gasteiger partial charge in [0.2, 0.25) is 59.0 Å². The first-order valence-corrected chi connectivity index (χ1v) is 54.6. The number of carboxylic acids is 3. The van der Waals surface area contributed by atoms with E-state index in [1.165, 1.54) is 39.2 Å². The van der Waals surface area contributed by atoms with Crippen molar-refractivity contribution in [3.05, 3.63) is 47.6 Å². The van der Waals surface area contributed by atoms with Crippen LogP contribution in [0.3, 0.4) is 0 Å². The van der Waals surface area contributed by atoms with E-state index in [4.69, 9.17) is 33.5 Å². The van der Waals surface area contributed by atoms with E-state index in [-0.39, 0.29) is 125 Å². The van der Waals surface area contributed by atoms with Gasteiger partial charge in [0.25, 0.3) is 11.7 Å². The maximum atomic E-state index is 15.1. The van der Waals surface area contributed by atoms with E-state index in [0.29, 0.717) is 89.9 Å². The molecule has 0 spiro atoms. The van der Waals surface area contributed by atoms with Crippen molar-refractivity contribution in [1.82, 2.24) is 52.8 Å². The first kappa shape index (κ1) is 133. The highest BCUT2D eigenvalue weighted by Crippen LogP contribution is 2.40. The largest absolute Gasteiger partial charge is 0.509 e. The third-order valence-corrected chi connectivity index (χ3v) is 29.9. The van der Waals surface area contributed by atoms with Gasteiger partial charge in [-0.1, -0.05) is 92.7 Å². The number of nitrogens with zero attached hydrogens (tertiary/aromatic N) is 1. The van der Waals surface area contributed by atoms with Crippen LogP contribution in [0.4, 0.5) is 4.79 Å². The molecule has 0 aromatic rings. The number of carbonyl (C=O) groups excluding carboxylic acids is 15. The molecule has 1 saturated carbocycles. The van der Waals surface area contributed by atoms with Crippen LogP contribution in [0.2, 0.25) is 0 Å². The van der Waals surface area contributed by atoms with Gasteiger partial charge in [0.1, 0.15) is 48.6 Å². The van der Waals surface area contributed by atoms with Crippen molar-refractivity contribution in [2.75, 3.05) is 85.4 Å². The second kappa shape index (κ2) is 71.3. The Balaban J connectivity index is 1.69. The van der Waals surface area contributed by atoms with Crippen LogP contribution >= 0.6 is 21.6 Å². The summed E-state index contributed by atoms with van der Waals surface area (Å²) in [6.45, 7) is 11.4. The quantitative estimate of drug-likeness (QED) is 0.0136. The number of ketones is 4. The zero-order valence-electron chi connectivity index (χ0n) is 88.4. The van der Waals surface area contributed by atoms with E-state index in [0.717, 1.165) is 34.1 Å². The number of ether oxygens (including phenoxy) is 6. The van der Waals surface area contributed by atoms with Gasteiger partial charge in [0, 0.05) is 135 Å². The molecule has 1 aliphatic carbocycles. The molecule has 3 fully saturated rings. The van der Waals surface area contributed by atoms with Gasteiger partial charge in [0.05, 0.1) is 68.6 Å². The maximum Gasteiger partial charge on any atom is 0.509 e. The fourth-order valence-electron chi connectivity index (χ4n) is 18.4. The number of Topliss-reactive ketones (excluding diaryl/α,β-unsaturated/α-hetero) is 4. The fraction of sp³-hybridized carbons (Fsp3) is 0.748. The van der Waals surface area contributed by atoms with E-state index >= 15 is 9.59 Å². The molecule has 10 amide bonds. The molecular formula is C103H166N10O35S2. The first-order chi connectivity index (χ1) is 71.1. The normalized spacial score (nSPS) is 25.7. The highest BCUT2D eigenvalue weighted by Gasteiger charge is 2.53. The van der Waals surface area contributed by atoms with Gasteiger partial charge in [-0.15, -0.1) is 0 Å². The predicted molar refractivity (Wildman–Crippen MR) is 550 cm³/mol. The number of hydrogen-bond acceptors (Lipinski definition) is 34. The van der Waals surface area contributed by atoms with Crippen molar-refractivity contribution in [2.45, 2.75) is 364 Å². The monoisotopic (exact) mass is 2170 g/mol. The van der Waals surface area contributed by atoms with E-state index in [1.807, 2.05) is 32.9 Å². The Bertz CT molecular complexity index is 4470. The summed E-state index contributed by atoms with van der Waals surface area (Å²) in [7, 11) is 6.07. The number of allylic oxidation sites excluding steroid dienone is 6. The van der Waals surface area contributed by atoms with Crippen LogP contribution in [0.25, 0.3) is 0 Å². The summed E-state index contributed by atoms with van der Waals surface area (Å²) in [5.41, 5.74) is 0.955. The standard InChI is InChI=1S/C103H166N10O35S2/c1-60-23-13-12-14-24-61(2)84(143-9)55-73-31-29-66(7)103(142,148-73)94(132)100(138)113-46-22-18-28-80(113)83(123)54-69(62(3)51-68-30-37-81(121)85(52-68)144-10)53-82(122)63(4)50-65(6)92(93(145-11)91(131)64(5)49-60)147-102(141)146-47-48-149-150-59-79(101(139)140)112-99(137)76(34-40-88(126)106-45-21-17-27-72(120)58-116)109-98(136)78(36-42-90(129)130)111-96(134)75(33-39-87(125)105-44-20-16-26-71(119)57-115)108-97(135)77(35-41-89(127)128)110-95(133)74(107-67(8)117)32-38-86(124)104-43-19-15-25-70(118)56-114/h12-14,23-24,50,60,62-64,66,68-81,84-85,92-93,114-116,118-121,142H,15-22,25-49,51-59H2,1-11H3,(H,104,124)(H,105,125)(H,106,126)(H,107,117)(H,108,135)(H,109,136)(H,110,133)(H,111,134)(H,112,137)(H,127,128)(H,129,130)(H,139,140)/b14-12+,23-13+,61-24+,65-50+/t60-,62-,63-,64-,66-,68+,69-,70+,71+,72+,73+,74+,75+,76+,77+,78+,79+,80+,81-,84+,85-,92-,93+,103-/m1/s1. The summed E-state index contributed by atoms with van der Waals surface area (Å²) in [6, 6.07) is -12.2. The smallest absolute Gasteiger partial charge is 0.481 e. The summed E-state index contributed by atoms with van der Waals surface area (Å²) in [4.78, 5) is 252. The number of carbonyl (C=O) groups is 18. The zero-order chi connectivity index (χ0) is 112. The summed E-state index contributed by atoms with van der Waals surface area (Å²) in [5.74, 6) is -24.1. The van der Waals surface area contributed by atoms with Crippen molar-refractivity contribution >= 4 is 128 Å². The Hall–Kier alpha value is -9.76. The van der Waals surface area contributed by atoms with Crippen LogP contribution < -0.4 is 47.9 Å². The van der Waals surface area contributed by atoms with Gasteiger partial charge < -0.3 is 137 Å². The zero-order valence-corrected chi connectivity index (χ0v) is 90.1. The Morgan fingerprint density at radius 2 is 1.03 bits per heavy atom. The van der Waals surface area contributed by atoms with Crippen LogP contribution in [-0.4, -0.2) is 356 Å². The molecule has 20 N–H and O–H groups in total. The van der Waals surface area contributed by atoms with Crippen molar-refractivity contribution in [1.29, 1.82) is 0 Å². The number of aliphatic hydroxyl groups excluding tert-OH is 7. The minimum atomic E-state index is -2.53. The van der Waals surface area contributed by atoms with Gasteiger partial charge in [0.15, 0.2) is 23.8 Å². The lowest BCUT2D eigenvalue weighted by Gasteiger charge is -2.43. The molecule has 3 heterocycles. The first-order valence-electron chi connectivity index (χ1n) is 52.2. The molecular weight excluding hydrogens is 2000 g/mol. The third kappa shape index (κ3) is 49.1. The number of hydrogen-bond donors (Lipinski definition) is 20. The summed E-state index contributed by atoms with van der Waals surface area (Å²) in [5, 5.41) is 132. The van der Waals surface area contributed by atoms with Crippen molar-refractivity contribution in [3.8, 4) is 0 Å². The molecule has 45 nitrogen and oxygen atoms in total. The molecule has 2 saturated heterocycles. The molecule has 24 atom stereocenters. The van der Waals surface area contributed by atoms with E-state index in [1.54, 1.807) is 39.0 Å². The summed E-state index contributed by atoms with van der Waals surface area (Å²) in [6.07, 6.45) is 1.23. The second-order valence-electron chi connectivity index (χ2n) is 39.8. The number of fused-ring (bicyclic) bond motifs is 3. The molecule has 4 rings (SSSR count). The Morgan fingerprint density at radius 3 is 1.49 bits per heavy atom. The average molecular weight is 2170 g/mol. The Kier molecular flexibility index (Phi) is 63.0. The third-order valence-electron chi connectivity index (χ3n) is 27.5. The number of piperidine rings is 1. The molecule has 47 heteroatoms. The number of rotatable bonds is 58. The summed E-state index contributed by atoms with van der Waals surface area (Å²) >= 11 is 0. The SMILES string of the molecule is CO[C@H]1C[C@@H]2CC[C@@H](C)[C@@](O)(O2)C(=O)C(=O)N2CCCC[C@H]2C(=O)C[C@H]([C@H](C)C[C@@H]2CC[C@@H](O)[C@H](OC)C2)CC(=O)[C@H](C)/C=C(\C)[C@@H](OC(=O)OCCSSC[C@H](NC(=O)[C@H](CCC(=O)NCCCC[C@H](O)CO)NC(=O)[C@H](CCC(=O)O)NC(=O)[C@H](CCC(=O)NCCCC[C@H](O)CO)NC(=O)[C@H](CCC(=O)O)NC(=O)[C@H](CCC(=O)NCCCC[C@H](O)CO)NC(C)=O)C(=O)O)[C@@H](OC)C(=O)[C@H](C)C[C@H](C)/C=C/C=C/C=C/1C. The molecule has 850 valence electrons. The minimum Gasteiger partial charge on any atom is -0.481 e. The topological polar surface area (TPSA) is 697 Å². The number of amides is 10. The lowest BCUT2D eigenvalue weighted by molar-refractivity contribution is -0.265. The maximum absolute atomic E-state index is 15.1. The lowest BCUT2D eigenvalue weighted by atomic mass is 9.74. The molecule has 0 unspecified atom stereocenters. The molecule has 150 heavy (non-hydrogen) atoms. The van der Waals surface area contributed by atoms with Crippen LogP contribution in [0.5, 0.6) is 0 Å². The average Bonchev–Trinajstić information content (AvgIpc) is 0.769. The molecule has 0 aromatic heterocycles. The molecule has 3 aliphatic heterocycles. The van der Waals surface area contributed by atoms with Gasteiger partial charge >= 0.3 is 24.1 Å². The number of unbranched alkanes of at least 4 members (excludes halogenated alkanes) is 3. The fourth-order valence-corrected chi connectivity index (χ4v) is 20.4. The van der Waals surface area contributed by atoms with Crippen LogP contribution in [0, 0.1) is 41.4 Å². The van der Waals surface area contributed by atoms with Gasteiger partial charge in [-0.3, -0.25) is 76.7 Å². The van der Waals surface area contributed by atoms with Gasteiger partial charge in [-0.25, -0.2) is 9.59 Å². The minimum absolute atomic E-state index is 0.00812. The van der Waals surface area contributed by atoms with Gasteiger partial charge in [-0.2, -0.15) is 0 Å². The number of aliphatic hydroxyl groups is 8. The number of methoxy groups -OCH3 is 3. The molecule has 0 radical (unpaired) electrons. The number of carboxylic acid groups (broad SMARTS) is 3. The lowest BCUT2D eigenvalue weighted by Crippen LogP contribution is -2.60. The Morgan fingerprint density at radius 1 is 0.540 bits per heavy atom. The highest BCUT2D eigenvalue weighted by atomic mass is 33.1. The van der Waals surface area contributed by atoms with Crippen molar-refractivity contribution in [2.24, 2.45) is 41.4 Å². The van der Waals surface area contributed by atoms with E-state index in [9.17, 15) is 128 Å². The van der Waals surface area contributed by atoms with Crippen molar-refractivity contribution < 1.29 is 171 Å².